The van der Waals surface area contributed by atoms with Gasteiger partial charge in [-0.25, -0.2) is 4.79 Å². The van der Waals surface area contributed by atoms with E-state index >= 15 is 0 Å². The van der Waals surface area contributed by atoms with Gasteiger partial charge in [0.1, 0.15) is 5.60 Å². The van der Waals surface area contributed by atoms with Gasteiger partial charge in [-0.2, -0.15) is 0 Å². The van der Waals surface area contributed by atoms with Crippen LogP contribution in [0.1, 0.15) is 59.8 Å². The van der Waals surface area contributed by atoms with E-state index < -0.39 is 5.60 Å². The SMILES string of the molecule is CCC(NC1CCN(C(=O)OC(C)(C)C)CC1)C1CC1. The summed E-state index contributed by atoms with van der Waals surface area (Å²) in [4.78, 5) is 13.8. The number of hydrogen-bond donors (Lipinski definition) is 1. The van der Waals surface area contributed by atoms with Crippen LogP contribution in [-0.4, -0.2) is 41.8 Å². The van der Waals surface area contributed by atoms with Gasteiger partial charge in [0.05, 0.1) is 0 Å². The van der Waals surface area contributed by atoms with E-state index in [2.05, 4.69) is 12.2 Å². The molecule has 1 aliphatic heterocycles. The molecule has 116 valence electrons. The Bertz CT molecular complexity index is 326. The molecule has 4 heteroatoms. The van der Waals surface area contributed by atoms with E-state index in [1.807, 2.05) is 25.7 Å². The molecule has 2 rings (SSSR count). The zero-order chi connectivity index (χ0) is 14.8. The van der Waals surface area contributed by atoms with Crippen molar-refractivity contribution in [3.05, 3.63) is 0 Å². The Morgan fingerprint density at radius 1 is 1.25 bits per heavy atom. The van der Waals surface area contributed by atoms with Gasteiger partial charge in [-0.1, -0.05) is 6.92 Å². The van der Waals surface area contributed by atoms with Gasteiger partial charge >= 0.3 is 6.09 Å². The number of amides is 1. The number of carbonyl (C=O) groups is 1. The molecule has 1 atom stereocenters. The van der Waals surface area contributed by atoms with Crippen LogP contribution in [0, 0.1) is 5.92 Å². The standard InChI is InChI=1S/C16H30N2O2/c1-5-14(12-6-7-12)17-13-8-10-18(11-9-13)15(19)20-16(2,3)4/h12-14,17H,5-11H2,1-4H3. The smallest absolute Gasteiger partial charge is 0.410 e. The molecule has 0 radical (unpaired) electrons. The maximum atomic E-state index is 12.0. The van der Waals surface area contributed by atoms with Gasteiger partial charge < -0.3 is 15.0 Å². The first-order valence-electron chi connectivity index (χ1n) is 8.13. The fraction of sp³-hybridized carbons (Fsp3) is 0.938. The highest BCUT2D eigenvalue weighted by Crippen LogP contribution is 2.34. The predicted octanol–water partition coefficient (Wildman–Crippen LogP) is 3.16. The van der Waals surface area contributed by atoms with Gasteiger partial charge in [-0.3, -0.25) is 0 Å². The Morgan fingerprint density at radius 3 is 2.30 bits per heavy atom. The van der Waals surface area contributed by atoms with E-state index in [0.717, 1.165) is 31.8 Å². The van der Waals surface area contributed by atoms with Crippen LogP contribution in [0.15, 0.2) is 0 Å². The molecule has 1 unspecified atom stereocenters. The zero-order valence-corrected chi connectivity index (χ0v) is 13.4. The Hall–Kier alpha value is -0.770. The first-order chi connectivity index (χ1) is 9.39. The maximum absolute atomic E-state index is 12.0. The average molecular weight is 282 g/mol. The van der Waals surface area contributed by atoms with Crippen molar-refractivity contribution < 1.29 is 9.53 Å². The van der Waals surface area contributed by atoms with E-state index in [-0.39, 0.29) is 6.09 Å². The van der Waals surface area contributed by atoms with E-state index in [0.29, 0.717) is 12.1 Å². The van der Waals surface area contributed by atoms with Crippen molar-refractivity contribution in [2.24, 2.45) is 5.92 Å². The molecule has 2 fully saturated rings. The first-order valence-corrected chi connectivity index (χ1v) is 8.13. The molecule has 2 aliphatic rings. The molecule has 1 saturated carbocycles. The van der Waals surface area contributed by atoms with Crippen LogP contribution >= 0.6 is 0 Å². The van der Waals surface area contributed by atoms with Crippen molar-refractivity contribution >= 4 is 6.09 Å². The number of carbonyl (C=O) groups excluding carboxylic acids is 1. The molecule has 0 aromatic rings. The van der Waals surface area contributed by atoms with E-state index in [1.54, 1.807) is 0 Å². The molecular weight excluding hydrogens is 252 g/mol. The molecular formula is C16H30N2O2. The molecule has 1 heterocycles. The second-order valence-electron chi connectivity index (χ2n) is 7.26. The van der Waals surface area contributed by atoms with Crippen molar-refractivity contribution in [2.75, 3.05) is 13.1 Å². The van der Waals surface area contributed by atoms with Gasteiger partial charge in [0.25, 0.3) is 0 Å². The highest BCUT2D eigenvalue weighted by molar-refractivity contribution is 5.68. The quantitative estimate of drug-likeness (QED) is 0.861. The largest absolute Gasteiger partial charge is 0.444 e. The van der Waals surface area contributed by atoms with Crippen LogP contribution in [0.5, 0.6) is 0 Å². The molecule has 0 aromatic heterocycles. The van der Waals surface area contributed by atoms with E-state index in [9.17, 15) is 4.79 Å². The fourth-order valence-corrected chi connectivity index (χ4v) is 2.94. The normalized spacial score (nSPS) is 22.7. The topological polar surface area (TPSA) is 41.6 Å². The van der Waals surface area contributed by atoms with E-state index in [1.165, 1.54) is 19.3 Å². The molecule has 20 heavy (non-hydrogen) atoms. The Balaban J connectivity index is 1.73. The van der Waals surface area contributed by atoms with Gasteiger partial charge in [-0.15, -0.1) is 0 Å². The lowest BCUT2D eigenvalue weighted by molar-refractivity contribution is 0.0195. The lowest BCUT2D eigenvalue weighted by Gasteiger charge is -2.35. The van der Waals surface area contributed by atoms with Gasteiger partial charge in [0.2, 0.25) is 0 Å². The summed E-state index contributed by atoms with van der Waals surface area (Å²) in [5.74, 6) is 0.906. The van der Waals surface area contributed by atoms with Crippen LogP contribution in [0.25, 0.3) is 0 Å². The van der Waals surface area contributed by atoms with Crippen molar-refractivity contribution in [1.82, 2.24) is 10.2 Å². The average Bonchev–Trinajstić information content (AvgIpc) is 3.19. The summed E-state index contributed by atoms with van der Waals surface area (Å²) in [6.45, 7) is 9.65. The van der Waals surface area contributed by atoms with Gasteiger partial charge in [-0.05, 0) is 58.8 Å². The lowest BCUT2D eigenvalue weighted by Crippen LogP contribution is -2.49. The number of ether oxygens (including phenoxy) is 1. The minimum Gasteiger partial charge on any atom is -0.444 e. The van der Waals surface area contributed by atoms with E-state index in [4.69, 9.17) is 4.74 Å². The van der Waals surface area contributed by atoms with Crippen molar-refractivity contribution in [2.45, 2.75) is 77.5 Å². The van der Waals surface area contributed by atoms with Crippen LogP contribution in [0.4, 0.5) is 4.79 Å². The molecule has 0 bridgehead atoms. The molecule has 4 nitrogen and oxygen atoms in total. The Kier molecular flexibility index (Phi) is 4.95. The van der Waals surface area contributed by atoms with Crippen LogP contribution < -0.4 is 5.32 Å². The number of piperidine rings is 1. The van der Waals surface area contributed by atoms with Crippen LogP contribution in [0.2, 0.25) is 0 Å². The summed E-state index contributed by atoms with van der Waals surface area (Å²) >= 11 is 0. The first kappa shape index (κ1) is 15.6. The molecule has 1 N–H and O–H groups in total. The lowest BCUT2D eigenvalue weighted by atomic mass is 10.0. The van der Waals surface area contributed by atoms with Crippen molar-refractivity contribution in [1.29, 1.82) is 0 Å². The minimum absolute atomic E-state index is 0.162. The summed E-state index contributed by atoms with van der Waals surface area (Å²) in [6.07, 6.45) is 5.93. The summed E-state index contributed by atoms with van der Waals surface area (Å²) in [5, 5.41) is 3.80. The minimum atomic E-state index is -0.397. The number of hydrogen-bond acceptors (Lipinski definition) is 3. The highest BCUT2D eigenvalue weighted by atomic mass is 16.6. The molecule has 0 aromatic carbocycles. The van der Waals surface area contributed by atoms with Crippen molar-refractivity contribution in [3.63, 3.8) is 0 Å². The summed E-state index contributed by atoms with van der Waals surface area (Å²) < 4.78 is 5.43. The number of rotatable bonds is 4. The third kappa shape index (κ3) is 4.65. The number of likely N-dealkylation sites (tertiary alicyclic amines) is 1. The molecule has 1 saturated heterocycles. The Morgan fingerprint density at radius 2 is 1.85 bits per heavy atom. The number of nitrogens with zero attached hydrogens (tertiary/aromatic N) is 1. The van der Waals surface area contributed by atoms with Crippen LogP contribution in [-0.2, 0) is 4.74 Å². The predicted molar refractivity (Wildman–Crippen MR) is 80.8 cm³/mol. The number of nitrogens with one attached hydrogen (secondary N) is 1. The second kappa shape index (κ2) is 6.33. The zero-order valence-electron chi connectivity index (χ0n) is 13.4. The molecule has 1 aliphatic carbocycles. The Labute approximate surface area is 123 Å². The summed E-state index contributed by atoms with van der Waals surface area (Å²) in [7, 11) is 0. The molecule has 1 amide bonds. The highest BCUT2D eigenvalue weighted by Gasteiger charge is 2.33. The van der Waals surface area contributed by atoms with Gasteiger partial charge in [0, 0.05) is 25.2 Å². The fourth-order valence-electron chi connectivity index (χ4n) is 2.94. The van der Waals surface area contributed by atoms with Crippen LogP contribution in [0.3, 0.4) is 0 Å². The summed E-state index contributed by atoms with van der Waals surface area (Å²) in [6, 6.07) is 1.26. The third-order valence-electron chi connectivity index (χ3n) is 4.23. The van der Waals surface area contributed by atoms with Crippen molar-refractivity contribution in [3.8, 4) is 0 Å². The monoisotopic (exact) mass is 282 g/mol. The second-order valence-corrected chi connectivity index (χ2v) is 7.26. The van der Waals surface area contributed by atoms with Gasteiger partial charge in [0.15, 0.2) is 0 Å². The molecule has 0 spiro atoms. The third-order valence-corrected chi connectivity index (χ3v) is 4.23. The maximum Gasteiger partial charge on any atom is 0.410 e. The summed E-state index contributed by atoms with van der Waals surface area (Å²) in [5.41, 5.74) is -0.397.